The van der Waals surface area contributed by atoms with Crippen molar-refractivity contribution in [2.45, 2.75) is 57.5 Å². The maximum absolute atomic E-state index is 13.7. The van der Waals surface area contributed by atoms with E-state index in [2.05, 4.69) is 21.8 Å². The van der Waals surface area contributed by atoms with E-state index in [0.29, 0.717) is 13.0 Å². The Hall–Kier alpha value is -4.54. The second-order valence-electron chi connectivity index (χ2n) is 10.3. The van der Waals surface area contributed by atoms with Crippen molar-refractivity contribution in [1.82, 2.24) is 20.3 Å². The molecule has 0 saturated carbocycles. The monoisotopic (exact) mass is 600 g/mol. The number of carboxylic acid groups (broad SMARTS) is 1. The van der Waals surface area contributed by atoms with Crippen LogP contribution in [0.15, 0.2) is 84.4 Å². The van der Waals surface area contributed by atoms with Crippen LogP contribution in [-0.2, 0) is 29.0 Å². The van der Waals surface area contributed by atoms with Crippen molar-refractivity contribution >= 4 is 35.2 Å². The molecule has 2 heterocycles. The summed E-state index contributed by atoms with van der Waals surface area (Å²) in [6.45, 7) is 2.63. The van der Waals surface area contributed by atoms with Crippen LogP contribution in [0.1, 0.15) is 70.0 Å². The van der Waals surface area contributed by atoms with Gasteiger partial charge in [-0.05, 0) is 53.6 Å². The number of aromatic carboxylic acids is 1. The minimum atomic E-state index is -0.970. The molecule has 0 aliphatic heterocycles. The molecule has 43 heavy (non-hydrogen) atoms. The molecule has 1 unspecified atom stereocenters. The number of hydrogen-bond acceptors (Lipinski definition) is 6. The number of amides is 2. The van der Waals surface area contributed by atoms with E-state index in [-0.39, 0.29) is 17.9 Å². The van der Waals surface area contributed by atoms with Crippen molar-refractivity contribution in [3.8, 4) is 0 Å². The molecule has 2 amide bonds. The highest BCUT2D eigenvalue weighted by Crippen LogP contribution is 2.25. The van der Waals surface area contributed by atoms with Crippen LogP contribution in [0.2, 0.25) is 0 Å². The van der Waals surface area contributed by atoms with E-state index >= 15 is 0 Å². The van der Waals surface area contributed by atoms with Gasteiger partial charge in [-0.15, -0.1) is 11.3 Å². The lowest BCUT2D eigenvalue weighted by atomic mass is 10.0. The SMILES string of the molecule is CCCCc1ncc(C=CC(C(=O)N[C@@H](CC(=O)NO)Cc2ccccc2)c2cccs2)n1Cc1ccc(C(=O)O)cc1. The van der Waals surface area contributed by atoms with E-state index in [9.17, 15) is 19.5 Å². The second kappa shape index (κ2) is 15.6. The predicted molar refractivity (Wildman–Crippen MR) is 166 cm³/mol. The Morgan fingerprint density at radius 3 is 2.44 bits per heavy atom. The number of aryl methyl sites for hydroxylation is 1. The lowest BCUT2D eigenvalue weighted by Crippen LogP contribution is -2.41. The number of imidazole rings is 1. The fourth-order valence-electron chi connectivity index (χ4n) is 4.82. The molecule has 4 aromatic rings. The molecule has 0 saturated heterocycles. The van der Waals surface area contributed by atoms with Crippen LogP contribution in [0.4, 0.5) is 0 Å². The van der Waals surface area contributed by atoms with Crippen molar-refractivity contribution in [2.24, 2.45) is 0 Å². The topological polar surface area (TPSA) is 134 Å². The summed E-state index contributed by atoms with van der Waals surface area (Å²) < 4.78 is 2.09. The van der Waals surface area contributed by atoms with Gasteiger partial charge in [-0.25, -0.2) is 15.3 Å². The van der Waals surface area contributed by atoms with Crippen molar-refractivity contribution in [3.05, 3.63) is 117 Å². The van der Waals surface area contributed by atoms with Gasteiger partial charge in [-0.1, -0.05) is 68.0 Å². The maximum Gasteiger partial charge on any atom is 0.335 e. The summed E-state index contributed by atoms with van der Waals surface area (Å²) in [5.74, 6) is -1.51. The van der Waals surface area contributed by atoms with Gasteiger partial charge in [0.1, 0.15) is 5.82 Å². The van der Waals surface area contributed by atoms with Gasteiger partial charge in [0.05, 0.1) is 23.4 Å². The molecule has 224 valence electrons. The number of unbranched alkanes of at least 4 members (excludes halogenated alkanes) is 1. The van der Waals surface area contributed by atoms with Crippen LogP contribution in [0.5, 0.6) is 0 Å². The van der Waals surface area contributed by atoms with Crippen molar-refractivity contribution in [3.63, 3.8) is 0 Å². The number of benzene rings is 2. The molecule has 4 N–H and O–H groups in total. The minimum absolute atomic E-state index is 0.0771. The molecule has 10 heteroatoms. The molecule has 2 atom stereocenters. The molecular formula is C33H36N4O5S. The standard InChI is InChI=1S/C33H36N4O5S/c1-2-3-11-30-34-21-27(37(30)22-24-12-14-25(15-13-24)33(40)41)16-17-28(29-10-7-18-43-29)32(39)35-26(20-31(38)36-42)19-23-8-5-4-6-9-23/h4-10,12-18,21,26,28,42H,2-3,11,19-20,22H2,1H3,(H,35,39)(H,36,38)(H,40,41)/t26-,28?/m1/s1. The Morgan fingerprint density at radius 2 is 1.79 bits per heavy atom. The van der Waals surface area contributed by atoms with Crippen molar-refractivity contribution < 1.29 is 24.7 Å². The number of nitrogens with zero attached hydrogens (tertiary/aromatic N) is 2. The zero-order valence-corrected chi connectivity index (χ0v) is 24.8. The number of aromatic nitrogens is 2. The summed E-state index contributed by atoms with van der Waals surface area (Å²) in [6.07, 6.45) is 8.66. The Balaban J connectivity index is 1.60. The highest BCUT2D eigenvalue weighted by atomic mass is 32.1. The fraction of sp³-hybridized carbons (Fsp3) is 0.273. The molecule has 0 spiro atoms. The smallest absolute Gasteiger partial charge is 0.335 e. The third kappa shape index (κ3) is 8.97. The maximum atomic E-state index is 13.7. The molecular weight excluding hydrogens is 564 g/mol. The van der Waals surface area contributed by atoms with Gasteiger partial charge in [0, 0.05) is 30.3 Å². The Morgan fingerprint density at radius 1 is 1.02 bits per heavy atom. The lowest BCUT2D eigenvalue weighted by molar-refractivity contribution is -0.130. The first-order valence-electron chi connectivity index (χ1n) is 14.2. The molecule has 0 aliphatic rings. The number of thiophene rings is 1. The molecule has 0 aliphatic carbocycles. The van der Waals surface area contributed by atoms with E-state index in [4.69, 9.17) is 5.21 Å². The van der Waals surface area contributed by atoms with Crippen molar-refractivity contribution in [2.75, 3.05) is 0 Å². The third-order valence-corrected chi connectivity index (χ3v) is 8.04. The third-order valence-electron chi connectivity index (χ3n) is 7.08. The van der Waals surface area contributed by atoms with E-state index in [1.165, 1.54) is 11.3 Å². The van der Waals surface area contributed by atoms with E-state index < -0.39 is 23.8 Å². The highest BCUT2D eigenvalue weighted by Gasteiger charge is 2.24. The first-order valence-corrected chi connectivity index (χ1v) is 15.1. The van der Waals surface area contributed by atoms with Crippen LogP contribution in [0.25, 0.3) is 6.08 Å². The lowest BCUT2D eigenvalue weighted by Gasteiger charge is -2.21. The molecule has 0 fully saturated rings. The van der Waals surface area contributed by atoms with Gasteiger partial charge in [0.25, 0.3) is 0 Å². The van der Waals surface area contributed by atoms with Gasteiger partial charge in [0.2, 0.25) is 11.8 Å². The number of carbonyl (C=O) groups excluding carboxylic acids is 2. The van der Waals surface area contributed by atoms with Crippen LogP contribution in [0.3, 0.4) is 0 Å². The van der Waals surface area contributed by atoms with Gasteiger partial charge >= 0.3 is 5.97 Å². The summed E-state index contributed by atoms with van der Waals surface area (Å²) in [5.41, 5.74) is 4.62. The van der Waals surface area contributed by atoms with Gasteiger partial charge in [0.15, 0.2) is 0 Å². The predicted octanol–water partition coefficient (Wildman–Crippen LogP) is 5.45. The van der Waals surface area contributed by atoms with E-state index in [1.54, 1.807) is 35.9 Å². The Bertz CT molecular complexity index is 1510. The van der Waals surface area contributed by atoms with E-state index in [0.717, 1.165) is 46.8 Å². The molecule has 2 aromatic carbocycles. The minimum Gasteiger partial charge on any atom is -0.478 e. The summed E-state index contributed by atoms with van der Waals surface area (Å²) in [7, 11) is 0. The zero-order valence-electron chi connectivity index (χ0n) is 24.0. The summed E-state index contributed by atoms with van der Waals surface area (Å²) in [6, 6.07) is 19.6. The number of nitrogens with one attached hydrogen (secondary N) is 2. The second-order valence-corrected chi connectivity index (χ2v) is 11.3. The fourth-order valence-corrected chi connectivity index (χ4v) is 5.63. The first kappa shape index (κ1) is 31.4. The van der Waals surface area contributed by atoms with Crippen LogP contribution in [-0.4, -0.2) is 43.7 Å². The molecule has 4 rings (SSSR count). The van der Waals surface area contributed by atoms with Crippen LogP contribution >= 0.6 is 11.3 Å². The molecule has 2 aromatic heterocycles. The summed E-state index contributed by atoms with van der Waals surface area (Å²) >= 11 is 1.47. The summed E-state index contributed by atoms with van der Waals surface area (Å²) in [5, 5.41) is 23.3. The average Bonchev–Trinajstić information content (AvgIpc) is 3.67. The number of hydroxylamine groups is 1. The van der Waals surface area contributed by atoms with Crippen molar-refractivity contribution in [1.29, 1.82) is 0 Å². The van der Waals surface area contributed by atoms with Gasteiger partial charge in [-0.3, -0.25) is 14.8 Å². The number of carboxylic acids is 1. The van der Waals surface area contributed by atoms with Gasteiger partial charge in [-0.2, -0.15) is 0 Å². The number of rotatable bonds is 15. The molecule has 9 nitrogen and oxygen atoms in total. The molecule has 0 radical (unpaired) electrons. The Kier molecular flexibility index (Phi) is 11.4. The first-order chi connectivity index (χ1) is 20.9. The van der Waals surface area contributed by atoms with E-state index in [1.807, 2.05) is 60.0 Å². The van der Waals surface area contributed by atoms with Crippen LogP contribution in [0, 0.1) is 0 Å². The number of hydrogen-bond donors (Lipinski definition) is 4. The highest BCUT2D eigenvalue weighted by molar-refractivity contribution is 7.10. The zero-order chi connectivity index (χ0) is 30.6. The van der Waals surface area contributed by atoms with Crippen LogP contribution < -0.4 is 10.8 Å². The summed E-state index contributed by atoms with van der Waals surface area (Å²) in [4.78, 5) is 42.6. The normalized spacial score (nSPS) is 12.6. The average molecular weight is 601 g/mol. The number of carbonyl (C=O) groups is 3. The molecule has 0 bridgehead atoms. The largest absolute Gasteiger partial charge is 0.478 e. The van der Waals surface area contributed by atoms with Gasteiger partial charge < -0.3 is 15.0 Å². The quantitative estimate of drug-likeness (QED) is 0.106. The Labute approximate surface area is 254 Å².